The normalized spacial score (nSPS) is 11.2. The number of benzene rings is 2. The third kappa shape index (κ3) is 11.3. The van der Waals surface area contributed by atoms with Crippen LogP contribution in [-0.4, -0.2) is 23.2 Å². The van der Waals surface area contributed by atoms with Crippen LogP contribution in [0.1, 0.15) is 115 Å². The molecule has 42 heavy (non-hydrogen) atoms. The fourth-order valence-electron chi connectivity index (χ4n) is 4.87. The molecule has 230 valence electrons. The molecule has 0 amide bonds. The third-order valence-electron chi connectivity index (χ3n) is 7.44. The first-order valence-electron chi connectivity index (χ1n) is 15.9. The van der Waals surface area contributed by atoms with Crippen molar-refractivity contribution in [3.05, 3.63) is 71.4 Å². The van der Waals surface area contributed by atoms with Crippen molar-refractivity contribution in [2.24, 2.45) is 0 Å². The minimum atomic E-state index is -1.13. The van der Waals surface area contributed by atoms with Gasteiger partial charge in [-0.05, 0) is 42.7 Å². The fraction of sp³-hybridized carbons (Fsp3) is 0.543. The molecule has 1 aromatic heterocycles. The summed E-state index contributed by atoms with van der Waals surface area (Å²) in [5.41, 5.74) is 0.751. The van der Waals surface area contributed by atoms with Gasteiger partial charge in [0.25, 0.3) is 0 Å². The molecule has 0 N–H and O–H groups in total. The molecule has 0 spiro atoms. The zero-order chi connectivity index (χ0) is 30.0. The Morgan fingerprint density at radius 2 is 1.19 bits per heavy atom. The van der Waals surface area contributed by atoms with Crippen molar-refractivity contribution in [1.82, 2.24) is 9.97 Å². The van der Waals surface area contributed by atoms with E-state index in [1.54, 1.807) is 0 Å². The Morgan fingerprint density at radius 1 is 0.619 bits per heavy atom. The molecule has 0 atom stereocenters. The first-order valence-corrected chi connectivity index (χ1v) is 15.9. The summed E-state index contributed by atoms with van der Waals surface area (Å²) in [6.07, 6.45) is 17.9. The predicted octanol–water partition coefficient (Wildman–Crippen LogP) is 10.4. The van der Waals surface area contributed by atoms with Gasteiger partial charge in [-0.15, -0.1) is 0 Å². The van der Waals surface area contributed by atoms with Gasteiger partial charge >= 0.3 is 0 Å². The van der Waals surface area contributed by atoms with E-state index in [-0.39, 0.29) is 29.1 Å². The molecule has 0 aliphatic rings. The highest BCUT2D eigenvalue weighted by Crippen LogP contribution is 2.29. The molecule has 0 fully saturated rings. The number of ether oxygens (including phenoxy) is 2. The van der Waals surface area contributed by atoms with Crippen LogP contribution in [0.3, 0.4) is 0 Å². The molecule has 0 unspecified atom stereocenters. The van der Waals surface area contributed by atoms with Crippen LogP contribution >= 0.6 is 0 Å². The Bertz CT molecular complexity index is 1190. The van der Waals surface area contributed by atoms with Crippen molar-refractivity contribution in [3.8, 4) is 22.8 Å². The van der Waals surface area contributed by atoms with Crippen LogP contribution in [0.2, 0.25) is 0 Å². The van der Waals surface area contributed by atoms with Crippen molar-refractivity contribution in [2.45, 2.75) is 110 Å². The number of unbranched alkanes of at least 4 members (excludes halogenated alkanes) is 12. The lowest BCUT2D eigenvalue weighted by atomic mass is 10.1. The van der Waals surface area contributed by atoms with Gasteiger partial charge in [-0.2, -0.15) is 8.78 Å². The van der Waals surface area contributed by atoms with Crippen molar-refractivity contribution in [2.75, 3.05) is 13.2 Å². The SMILES string of the molecule is CCCCCCCCCCOc1ccc(Cc2ncc(-c3ccc(OCCCCCCCC)c(F)c3F)nc2F)cc1. The van der Waals surface area contributed by atoms with E-state index >= 15 is 0 Å². The molecular weight excluding hydrogens is 537 g/mol. The Kier molecular flexibility index (Phi) is 15.2. The van der Waals surface area contributed by atoms with Crippen LogP contribution in [0.15, 0.2) is 42.6 Å². The lowest BCUT2D eigenvalue weighted by molar-refractivity contribution is 0.285. The molecule has 3 rings (SSSR count). The molecule has 1 heterocycles. The molecule has 0 saturated carbocycles. The zero-order valence-corrected chi connectivity index (χ0v) is 25.4. The maximum absolute atomic E-state index is 14.8. The van der Waals surface area contributed by atoms with E-state index in [2.05, 4.69) is 23.8 Å². The van der Waals surface area contributed by atoms with Gasteiger partial charge in [0, 0.05) is 12.0 Å². The number of nitrogens with zero attached hydrogens (tertiary/aromatic N) is 2. The average Bonchev–Trinajstić information content (AvgIpc) is 3.00. The fourth-order valence-corrected chi connectivity index (χ4v) is 4.87. The maximum Gasteiger partial charge on any atom is 0.235 e. The first-order chi connectivity index (χ1) is 20.5. The predicted molar refractivity (Wildman–Crippen MR) is 164 cm³/mol. The number of hydrogen-bond donors (Lipinski definition) is 0. The topological polar surface area (TPSA) is 44.2 Å². The van der Waals surface area contributed by atoms with Gasteiger partial charge in [-0.1, -0.05) is 103 Å². The van der Waals surface area contributed by atoms with E-state index in [0.717, 1.165) is 37.0 Å². The Hall–Kier alpha value is -3.09. The summed E-state index contributed by atoms with van der Waals surface area (Å²) in [4.78, 5) is 8.05. The molecule has 0 aliphatic heterocycles. The van der Waals surface area contributed by atoms with Crippen molar-refractivity contribution in [1.29, 1.82) is 0 Å². The molecule has 7 heteroatoms. The van der Waals surface area contributed by atoms with Gasteiger partial charge < -0.3 is 9.47 Å². The van der Waals surface area contributed by atoms with Crippen molar-refractivity contribution < 1.29 is 22.6 Å². The molecule has 4 nitrogen and oxygen atoms in total. The van der Waals surface area contributed by atoms with E-state index in [4.69, 9.17) is 9.47 Å². The highest BCUT2D eigenvalue weighted by Gasteiger charge is 2.18. The second kappa shape index (κ2) is 19.2. The Morgan fingerprint density at radius 3 is 1.79 bits per heavy atom. The van der Waals surface area contributed by atoms with Gasteiger partial charge in [0.15, 0.2) is 11.6 Å². The summed E-state index contributed by atoms with van der Waals surface area (Å²) in [6.45, 7) is 5.39. The standard InChI is InChI=1S/C35H47F3N2O2/c1-3-5-7-9-11-12-14-15-23-41-28-19-17-27(18-20-28)25-30-35(38)40-31(26-39-30)29-21-22-32(34(37)33(29)36)42-24-16-13-10-8-6-4-2/h17-22,26H,3-16,23-25H2,1-2H3. The van der Waals surface area contributed by atoms with Gasteiger partial charge in [-0.25, -0.2) is 9.37 Å². The van der Waals surface area contributed by atoms with Gasteiger partial charge in [0.1, 0.15) is 5.75 Å². The van der Waals surface area contributed by atoms with Gasteiger partial charge in [-0.3, -0.25) is 4.98 Å². The van der Waals surface area contributed by atoms with Gasteiger partial charge in [0.05, 0.1) is 30.8 Å². The first kappa shape index (κ1) is 33.4. The number of halogens is 3. The van der Waals surface area contributed by atoms with Crippen molar-refractivity contribution in [3.63, 3.8) is 0 Å². The van der Waals surface area contributed by atoms with E-state index in [1.165, 1.54) is 82.5 Å². The van der Waals surface area contributed by atoms with Crippen LogP contribution in [0.5, 0.6) is 11.5 Å². The minimum Gasteiger partial charge on any atom is -0.494 e. The van der Waals surface area contributed by atoms with Gasteiger partial charge in [0.2, 0.25) is 11.8 Å². The largest absolute Gasteiger partial charge is 0.494 e. The lowest BCUT2D eigenvalue weighted by Crippen LogP contribution is -2.04. The second-order valence-corrected chi connectivity index (χ2v) is 11.0. The van der Waals surface area contributed by atoms with Crippen LogP contribution in [0.25, 0.3) is 11.3 Å². The smallest absolute Gasteiger partial charge is 0.235 e. The zero-order valence-electron chi connectivity index (χ0n) is 25.4. The number of hydrogen-bond acceptors (Lipinski definition) is 4. The van der Waals surface area contributed by atoms with E-state index in [0.29, 0.717) is 13.2 Å². The van der Waals surface area contributed by atoms with E-state index in [9.17, 15) is 13.2 Å². The molecule has 3 aromatic rings. The Balaban J connectivity index is 1.47. The summed E-state index contributed by atoms with van der Waals surface area (Å²) in [5.74, 6) is -2.42. The summed E-state index contributed by atoms with van der Waals surface area (Å²) in [6, 6.07) is 10.2. The summed E-state index contributed by atoms with van der Waals surface area (Å²) in [7, 11) is 0. The summed E-state index contributed by atoms with van der Waals surface area (Å²) >= 11 is 0. The number of aromatic nitrogens is 2. The molecule has 0 saturated heterocycles. The highest BCUT2D eigenvalue weighted by atomic mass is 19.2. The Labute approximate surface area is 250 Å². The van der Waals surface area contributed by atoms with E-state index in [1.807, 2.05) is 24.3 Å². The van der Waals surface area contributed by atoms with Crippen molar-refractivity contribution >= 4 is 0 Å². The van der Waals surface area contributed by atoms with E-state index < -0.39 is 17.6 Å². The molecule has 2 aromatic carbocycles. The lowest BCUT2D eigenvalue weighted by Gasteiger charge is -2.11. The molecular formula is C35H47F3N2O2. The third-order valence-corrected chi connectivity index (χ3v) is 7.44. The molecule has 0 aliphatic carbocycles. The highest BCUT2D eigenvalue weighted by molar-refractivity contribution is 5.60. The number of rotatable bonds is 21. The molecule has 0 bridgehead atoms. The van der Waals surface area contributed by atoms with Crippen LogP contribution < -0.4 is 9.47 Å². The molecule has 0 radical (unpaired) electrons. The quantitative estimate of drug-likeness (QED) is 0.117. The maximum atomic E-state index is 14.8. The van der Waals surface area contributed by atoms with Crippen LogP contribution in [0.4, 0.5) is 13.2 Å². The summed E-state index contributed by atoms with van der Waals surface area (Å²) < 4.78 is 55.6. The van der Waals surface area contributed by atoms with Crippen LogP contribution in [-0.2, 0) is 6.42 Å². The monoisotopic (exact) mass is 584 g/mol. The minimum absolute atomic E-state index is 0.0696. The second-order valence-electron chi connectivity index (χ2n) is 11.0. The average molecular weight is 585 g/mol. The van der Waals surface area contributed by atoms with Crippen LogP contribution in [0, 0.1) is 17.6 Å². The summed E-state index contributed by atoms with van der Waals surface area (Å²) in [5, 5.41) is 0.